The maximum absolute atomic E-state index is 14.9. The van der Waals surface area contributed by atoms with Crippen molar-refractivity contribution in [2.45, 2.75) is 19.9 Å². The summed E-state index contributed by atoms with van der Waals surface area (Å²) >= 11 is 0. The highest BCUT2D eigenvalue weighted by Crippen LogP contribution is 2.37. The van der Waals surface area contributed by atoms with Crippen molar-refractivity contribution in [1.29, 1.82) is 0 Å². The Morgan fingerprint density at radius 2 is 1.89 bits per heavy atom. The van der Waals surface area contributed by atoms with Gasteiger partial charge in [-0.25, -0.2) is 23.7 Å². The van der Waals surface area contributed by atoms with E-state index in [-0.39, 0.29) is 29.1 Å². The number of methoxy groups -OCH3 is 1. The molecule has 0 saturated carbocycles. The predicted molar refractivity (Wildman–Crippen MR) is 135 cm³/mol. The molecule has 1 fully saturated rings. The van der Waals surface area contributed by atoms with E-state index in [1.807, 2.05) is 36.9 Å². The summed E-state index contributed by atoms with van der Waals surface area (Å²) in [6.45, 7) is 8.48. The van der Waals surface area contributed by atoms with Crippen LogP contribution in [0, 0.1) is 11.6 Å². The molecule has 5 rings (SSSR count). The van der Waals surface area contributed by atoms with Crippen LogP contribution in [0.5, 0.6) is 11.5 Å². The Morgan fingerprint density at radius 3 is 2.64 bits per heavy atom. The minimum absolute atomic E-state index is 0.0667. The molecule has 1 saturated heterocycles. The molecule has 36 heavy (non-hydrogen) atoms. The number of piperazine rings is 1. The van der Waals surface area contributed by atoms with Crippen molar-refractivity contribution in [2.24, 2.45) is 0 Å². The van der Waals surface area contributed by atoms with Crippen molar-refractivity contribution in [1.82, 2.24) is 20.3 Å². The number of anilines is 4. The molecule has 2 aliphatic heterocycles. The van der Waals surface area contributed by atoms with Crippen LogP contribution < -0.4 is 29.9 Å². The Labute approximate surface area is 208 Å². The zero-order valence-electron chi connectivity index (χ0n) is 20.5. The quantitative estimate of drug-likeness (QED) is 0.531. The van der Waals surface area contributed by atoms with Gasteiger partial charge in [-0.2, -0.15) is 0 Å². The van der Waals surface area contributed by atoms with Gasteiger partial charge in [0.05, 0.1) is 31.2 Å². The Morgan fingerprint density at radius 1 is 1.08 bits per heavy atom. The van der Waals surface area contributed by atoms with Crippen molar-refractivity contribution in [3.05, 3.63) is 42.1 Å². The van der Waals surface area contributed by atoms with E-state index in [4.69, 9.17) is 9.47 Å². The average Bonchev–Trinajstić information content (AvgIpc) is 2.89. The maximum atomic E-state index is 14.9. The molecule has 0 atom stereocenters. The van der Waals surface area contributed by atoms with Crippen molar-refractivity contribution < 1.29 is 18.3 Å². The van der Waals surface area contributed by atoms with E-state index in [1.54, 1.807) is 7.11 Å². The fourth-order valence-corrected chi connectivity index (χ4v) is 4.45. The van der Waals surface area contributed by atoms with Gasteiger partial charge < -0.3 is 29.9 Å². The Balaban J connectivity index is 1.45. The zero-order chi connectivity index (χ0) is 25.2. The van der Waals surface area contributed by atoms with E-state index in [0.29, 0.717) is 30.4 Å². The molecule has 3 aromatic rings. The van der Waals surface area contributed by atoms with Crippen LogP contribution in [-0.2, 0) is 0 Å². The molecule has 0 radical (unpaired) electrons. The summed E-state index contributed by atoms with van der Waals surface area (Å²) < 4.78 is 40.8. The zero-order valence-corrected chi connectivity index (χ0v) is 20.5. The molecule has 0 unspecified atom stereocenters. The molecule has 0 spiro atoms. The van der Waals surface area contributed by atoms with Crippen molar-refractivity contribution in [3.8, 4) is 22.9 Å². The van der Waals surface area contributed by atoms with Crippen LogP contribution in [0.4, 0.5) is 31.9 Å². The highest BCUT2D eigenvalue weighted by Gasteiger charge is 2.27. The normalized spacial score (nSPS) is 15.5. The number of halogens is 2. The minimum Gasteiger partial charge on any atom is -0.495 e. The third-order valence-corrected chi connectivity index (χ3v) is 6.26. The second-order valence-corrected chi connectivity index (χ2v) is 8.92. The summed E-state index contributed by atoms with van der Waals surface area (Å²) in [5.74, 6) is -0.0418. The van der Waals surface area contributed by atoms with Gasteiger partial charge in [-0.05, 0) is 26.0 Å². The van der Waals surface area contributed by atoms with Crippen LogP contribution in [-0.4, -0.2) is 67.4 Å². The van der Waals surface area contributed by atoms with Crippen LogP contribution in [0.1, 0.15) is 13.8 Å². The first kappa shape index (κ1) is 24.0. The van der Waals surface area contributed by atoms with Gasteiger partial charge in [0.25, 0.3) is 0 Å². The molecule has 190 valence electrons. The first-order chi connectivity index (χ1) is 17.4. The standard InChI is InChI=1S/C25H29F2N7O2/c1-15(2)34-10-11-36-23-17(26)13-19(31-24(23)34)22-18(27)14-29-25(32-22)30-16-4-5-20(21(12-16)35-3)33-8-6-28-7-9-33/h4-5,12-15,28H,6-11H2,1-3H3,(H,29,30,32). The minimum atomic E-state index is -0.702. The van der Waals surface area contributed by atoms with Crippen molar-refractivity contribution >= 4 is 23.1 Å². The van der Waals surface area contributed by atoms with Gasteiger partial charge in [0.2, 0.25) is 5.95 Å². The molecule has 0 amide bonds. The fourth-order valence-electron chi connectivity index (χ4n) is 4.45. The van der Waals surface area contributed by atoms with Crippen molar-refractivity contribution in [2.75, 3.05) is 61.6 Å². The number of pyridine rings is 1. The molecule has 0 bridgehead atoms. The third kappa shape index (κ3) is 4.70. The summed E-state index contributed by atoms with van der Waals surface area (Å²) in [5.41, 5.74) is 1.63. The molecular weight excluding hydrogens is 468 g/mol. The lowest BCUT2D eigenvalue weighted by molar-refractivity contribution is 0.285. The van der Waals surface area contributed by atoms with Crippen LogP contribution >= 0.6 is 0 Å². The lowest BCUT2D eigenvalue weighted by Crippen LogP contribution is -2.43. The number of benzene rings is 1. The Bertz CT molecular complexity index is 1250. The second kappa shape index (κ2) is 10.1. The first-order valence-corrected chi connectivity index (χ1v) is 12.0. The molecule has 1 aromatic carbocycles. The van der Waals surface area contributed by atoms with E-state index in [2.05, 4.69) is 30.5 Å². The van der Waals surface area contributed by atoms with Crippen LogP contribution in [0.25, 0.3) is 11.4 Å². The largest absolute Gasteiger partial charge is 0.495 e. The van der Waals surface area contributed by atoms with E-state index >= 15 is 0 Å². The van der Waals surface area contributed by atoms with E-state index in [1.165, 1.54) is 0 Å². The number of nitrogens with one attached hydrogen (secondary N) is 2. The lowest BCUT2D eigenvalue weighted by atomic mass is 10.2. The molecular formula is C25H29F2N7O2. The first-order valence-electron chi connectivity index (χ1n) is 12.0. The van der Waals surface area contributed by atoms with E-state index < -0.39 is 11.6 Å². The van der Waals surface area contributed by atoms with Gasteiger partial charge in [0.15, 0.2) is 23.2 Å². The molecule has 2 aliphatic rings. The van der Waals surface area contributed by atoms with Gasteiger partial charge in [0, 0.05) is 50.0 Å². The van der Waals surface area contributed by atoms with E-state index in [0.717, 1.165) is 44.1 Å². The molecule has 2 aromatic heterocycles. The van der Waals surface area contributed by atoms with Crippen LogP contribution in [0.15, 0.2) is 30.5 Å². The molecule has 4 heterocycles. The monoisotopic (exact) mass is 497 g/mol. The number of rotatable bonds is 6. The van der Waals surface area contributed by atoms with Crippen molar-refractivity contribution in [3.63, 3.8) is 0 Å². The fraction of sp³-hybridized carbons (Fsp3) is 0.400. The number of hydrogen-bond donors (Lipinski definition) is 2. The average molecular weight is 498 g/mol. The summed E-state index contributed by atoms with van der Waals surface area (Å²) in [4.78, 5) is 17.1. The SMILES string of the molecule is COc1cc(Nc2ncc(F)c(-c3cc(F)c4c(n3)N(C(C)C)CCO4)n2)ccc1N1CCNCC1. The van der Waals surface area contributed by atoms with Crippen LogP contribution in [0.3, 0.4) is 0 Å². The molecule has 2 N–H and O–H groups in total. The number of ether oxygens (including phenoxy) is 2. The lowest BCUT2D eigenvalue weighted by Gasteiger charge is -2.33. The third-order valence-electron chi connectivity index (χ3n) is 6.26. The smallest absolute Gasteiger partial charge is 0.227 e. The summed E-state index contributed by atoms with van der Waals surface area (Å²) in [6, 6.07) is 6.92. The maximum Gasteiger partial charge on any atom is 0.227 e. The van der Waals surface area contributed by atoms with Crippen LogP contribution in [0.2, 0.25) is 0 Å². The molecule has 11 heteroatoms. The number of fused-ring (bicyclic) bond motifs is 1. The second-order valence-electron chi connectivity index (χ2n) is 8.92. The highest BCUT2D eigenvalue weighted by molar-refractivity contribution is 5.69. The van der Waals surface area contributed by atoms with Gasteiger partial charge in [-0.1, -0.05) is 0 Å². The molecule has 9 nitrogen and oxygen atoms in total. The topological polar surface area (TPSA) is 87.7 Å². The summed E-state index contributed by atoms with van der Waals surface area (Å²) in [7, 11) is 1.62. The highest BCUT2D eigenvalue weighted by atomic mass is 19.1. The van der Waals surface area contributed by atoms with E-state index in [9.17, 15) is 8.78 Å². The van der Waals surface area contributed by atoms with Gasteiger partial charge >= 0.3 is 0 Å². The Hall–Kier alpha value is -3.73. The van der Waals surface area contributed by atoms with Gasteiger partial charge in [-0.15, -0.1) is 0 Å². The number of nitrogens with zero attached hydrogens (tertiary/aromatic N) is 5. The van der Waals surface area contributed by atoms with Gasteiger partial charge in [0.1, 0.15) is 18.1 Å². The summed E-state index contributed by atoms with van der Waals surface area (Å²) in [6.07, 6.45) is 1.05. The predicted octanol–water partition coefficient (Wildman–Crippen LogP) is 3.59. The Kier molecular flexibility index (Phi) is 6.73. The number of aromatic nitrogens is 3. The van der Waals surface area contributed by atoms with Gasteiger partial charge in [-0.3, -0.25) is 0 Å². The number of hydrogen-bond acceptors (Lipinski definition) is 9. The summed E-state index contributed by atoms with van der Waals surface area (Å²) in [5, 5.41) is 6.43. The molecule has 0 aliphatic carbocycles.